The Morgan fingerprint density at radius 1 is 0.897 bits per heavy atom. The zero-order valence-electron chi connectivity index (χ0n) is 25.8. The molecule has 1 atom stereocenters. The molecular formula is C38H51N. The van der Waals surface area contributed by atoms with Crippen molar-refractivity contribution in [2.45, 2.75) is 68.2 Å². The van der Waals surface area contributed by atoms with Gasteiger partial charge in [-0.3, -0.25) is 0 Å². The Hall–Kier alpha value is -3.58. The summed E-state index contributed by atoms with van der Waals surface area (Å²) in [5.74, 6) is 0.488. The maximum Gasteiger partial charge on any atom is 0.0420 e. The number of hydrogen-bond acceptors (Lipinski definition) is 1. The molecule has 1 nitrogen and oxygen atoms in total. The summed E-state index contributed by atoms with van der Waals surface area (Å²) in [6.07, 6.45) is 8.27. The minimum atomic E-state index is 0.488. The lowest BCUT2D eigenvalue weighted by molar-refractivity contribution is 0.612. The highest BCUT2D eigenvalue weighted by molar-refractivity contribution is 5.85. The topological polar surface area (TPSA) is 12.0 Å². The van der Waals surface area contributed by atoms with Crippen LogP contribution in [0.1, 0.15) is 86.9 Å². The van der Waals surface area contributed by atoms with Gasteiger partial charge in [-0.25, -0.2) is 0 Å². The fourth-order valence-electron chi connectivity index (χ4n) is 3.99. The summed E-state index contributed by atoms with van der Waals surface area (Å²) in [6.45, 7) is 29.7. The van der Waals surface area contributed by atoms with E-state index in [1.165, 1.54) is 39.0 Å². The van der Waals surface area contributed by atoms with Crippen molar-refractivity contribution in [3.05, 3.63) is 131 Å². The Bertz CT molecular complexity index is 1220. The van der Waals surface area contributed by atoms with E-state index in [9.17, 15) is 0 Å². The Morgan fingerprint density at radius 3 is 2.08 bits per heavy atom. The number of rotatable bonds is 10. The second kappa shape index (κ2) is 17.8. The second-order valence-corrected chi connectivity index (χ2v) is 10.1. The molecule has 0 aliphatic heterocycles. The lowest BCUT2D eigenvalue weighted by Gasteiger charge is -2.19. The van der Waals surface area contributed by atoms with Crippen molar-refractivity contribution >= 4 is 23.4 Å². The van der Waals surface area contributed by atoms with Crippen LogP contribution in [-0.4, -0.2) is 6.54 Å². The molecule has 0 saturated heterocycles. The summed E-state index contributed by atoms with van der Waals surface area (Å²) in [7, 11) is 0. The molecule has 1 N–H and O–H groups in total. The van der Waals surface area contributed by atoms with Crippen LogP contribution in [-0.2, 0) is 6.42 Å². The third kappa shape index (κ3) is 11.4. The molecule has 0 spiro atoms. The number of allylic oxidation sites excluding steroid dienone is 2. The van der Waals surface area contributed by atoms with Gasteiger partial charge >= 0.3 is 0 Å². The summed E-state index contributed by atoms with van der Waals surface area (Å²) in [5, 5.41) is 3.69. The SMILES string of the molecule is C=C(C)CC.C=Cc1cc(CC(C)CNc2ccc(C)cc2C(=C)c2ccc(C)cc2)ccc1/C=C\C.CC. The highest BCUT2D eigenvalue weighted by Crippen LogP contribution is 2.30. The first-order valence-electron chi connectivity index (χ1n) is 14.3. The van der Waals surface area contributed by atoms with E-state index in [0.29, 0.717) is 5.92 Å². The maximum absolute atomic E-state index is 4.41. The van der Waals surface area contributed by atoms with Gasteiger partial charge < -0.3 is 5.32 Å². The van der Waals surface area contributed by atoms with Crippen molar-refractivity contribution in [1.29, 1.82) is 0 Å². The quantitative estimate of drug-likeness (QED) is 0.262. The standard InChI is InChI=1S/C31H35N.C5H10.C2H6/c1-7-9-29-16-13-26(20-27(29)8-2)18-24(5)21-32-31-17-12-23(4)19-30(31)25(6)28-14-10-22(3)11-15-28;1-4-5(2)3;1-2/h7-17,19-20,24,32H,2,6,18,21H2,1,3-5H3;2,4H2,1,3H3;1-2H3/b9-7-;;. The van der Waals surface area contributed by atoms with E-state index in [2.05, 4.69) is 126 Å². The zero-order valence-corrected chi connectivity index (χ0v) is 25.8. The van der Waals surface area contributed by atoms with Gasteiger partial charge in [-0.15, -0.1) is 6.58 Å². The Morgan fingerprint density at radius 2 is 1.51 bits per heavy atom. The fourth-order valence-corrected chi connectivity index (χ4v) is 3.99. The molecule has 208 valence electrons. The molecule has 0 amide bonds. The second-order valence-electron chi connectivity index (χ2n) is 10.1. The number of benzene rings is 3. The Kier molecular flexibility index (Phi) is 15.3. The average molecular weight is 522 g/mol. The molecule has 0 fully saturated rings. The molecule has 0 radical (unpaired) electrons. The molecule has 0 aromatic heterocycles. The lowest BCUT2D eigenvalue weighted by atomic mass is 9.94. The summed E-state index contributed by atoms with van der Waals surface area (Å²) in [6, 6.07) is 21.8. The summed E-state index contributed by atoms with van der Waals surface area (Å²) >= 11 is 0. The predicted molar refractivity (Wildman–Crippen MR) is 180 cm³/mol. The van der Waals surface area contributed by atoms with Gasteiger partial charge in [-0.1, -0.05) is 124 Å². The molecule has 0 aliphatic rings. The van der Waals surface area contributed by atoms with E-state index < -0.39 is 0 Å². The van der Waals surface area contributed by atoms with Crippen LogP contribution in [0.3, 0.4) is 0 Å². The molecule has 3 rings (SSSR count). The smallest absolute Gasteiger partial charge is 0.0420 e. The summed E-state index contributed by atoms with van der Waals surface area (Å²) in [4.78, 5) is 0. The van der Waals surface area contributed by atoms with Gasteiger partial charge in [0.05, 0.1) is 0 Å². The summed E-state index contributed by atoms with van der Waals surface area (Å²) in [5.41, 5.74) is 12.0. The molecular weight excluding hydrogens is 470 g/mol. The van der Waals surface area contributed by atoms with Gasteiger partial charge in [0.15, 0.2) is 0 Å². The first-order valence-corrected chi connectivity index (χ1v) is 14.3. The van der Waals surface area contributed by atoms with Gasteiger partial charge in [0.2, 0.25) is 0 Å². The van der Waals surface area contributed by atoms with Crippen LogP contribution in [0.15, 0.2) is 92.0 Å². The molecule has 0 bridgehead atoms. The zero-order chi connectivity index (χ0) is 29.4. The minimum Gasteiger partial charge on any atom is -0.384 e. The first kappa shape index (κ1) is 33.4. The van der Waals surface area contributed by atoms with Gasteiger partial charge in [-0.2, -0.15) is 0 Å². The van der Waals surface area contributed by atoms with Crippen molar-refractivity contribution in [3.8, 4) is 0 Å². The van der Waals surface area contributed by atoms with Crippen molar-refractivity contribution in [2.24, 2.45) is 5.92 Å². The van der Waals surface area contributed by atoms with E-state index in [0.717, 1.165) is 36.2 Å². The predicted octanol–water partition coefficient (Wildman–Crippen LogP) is 11.3. The molecule has 0 heterocycles. The number of hydrogen-bond donors (Lipinski definition) is 1. The monoisotopic (exact) mass is 521 g/mol. The lowest BCUT2D eigenvalue weighted by Crippen LogP contribution is -2.14. The normalized spacial score (nSPS) is 11.0. The van der Waals surface area contributed by atoms with Crippen molar-refractivity contribution in [1.82, 2.24) is 0 Å². The molecule has 0 aliphatic carbocycles. The summed E-state index contributed by atoms with van der Waals surface area (Å²) < 4.78 is 0. The highest BCUT2D eigenvalue weighted by Gasteiger charge is 2.11. The number of aryl methyl sites for hydroxylation is 2. The van der Waals surface area contributed by atoms with Gasteiger partial charge in [0, 0.05) is 17.8 Å². The van der Waals surface area contributed by atoms with Crippen LogP contribution in [0.4, 0.5) is 5.69 Å². The molecule has 1 unspecified atom stereocenters. The van der Waals surface area contributed by atoms with E-state index in [1.54, 1.807) is 0 Å². The van der Waals surface area contributed by atoms with Gasteiger partial charge in [0.25, 0.3) is 0 Å². The van der Waals surface area contributed by atoms with Gasteiger partial charge in [-0.05, 0) is 86.4 Å². The minimum absolute atomic E-state index is 0.488. The van der Waals surface area contributed by atoms with Crippen LogP contribution in [0.5, 0.6) is 0 Å². The van der Waals surface area contributed by atoms with E-state index >= 15 is 0 Å². The third-order valence-corrected chi connectivity index (χ3v) is 6.45. The van der Waals surface area contributed by atoms with Crippen LogP contribution in [0, 0.1) is 19.8 Å². The molecule has 39 heavy (non-hydrogen) atoms. The van der Waals surface area contributed by atoms with Crippen LogP contribution < -0.4 is 5.32 Å². The van der Waals surface area contributed by atoms with Crippen LogP contribution >= 0.6 is 0 Å². The molecule has 3 aromatic carbocycles. The highest BCUT2D eigenvalue weighted by atomic mass is 14.9. The van der Waals surface area contributed by atoms with Gasteiger partial charge in [0.1, 0.15) is 0 Å². The third-order valence-electron chi connectivity index (χ3n) is 6.45. The van der Waals surface area contributed by atoms with Crippen LogP contribution in [0.25, 0.3) is 17.7 Å². The average Bonchev–Trinajstić information content (AvgIpc) is 2.94. The number of anilines is 1. The van der Waals surface area contributed by atoms with E-state index in [-0.39, 0.29) is 0 Å². The van der Waals surface area contributed by atoms with E-state index in [1.807, 2.05) is 33.8 Å². The molecule has 0 saturated carbocycles. The fraction of sp³-hybridized carbons (Fsp3) is 0.316. The Balaban J connectivity index is 0.000000975. The van der Waals surface area contributed by atoms with Crippen molar-refractivity contribution in [2.75, 3.05) is 11.9 Å². The molecule has 3 aromatic rings. The largest absolute Gasteiger partial charge is 0.384 e. The number of nitrogens with one attached hydrogen (secondary N) is 1. The first-order chi connectivity index (χ1) is 18.7. The van der Waals surface area contributed by atoms with E-state index in [4.69, 9.17) is 0 Å². The maximum atomic E-state index is 4.41. The van der Waals surface area contributed by atoms with Crippen LogP contribution in [0.2, 0.25) is 0 Å². The Labute approximate surface area is 240 Å². The molecule has 1 heteroatoms. The van der Waals surface area contributed by atoms with Crippen molar-refractivity contribution in [3.63, 3.8) is 0 Å². The van der Waals surface area contributed by atoms with Crippen molar-refractivity contribution < 1.29 is 0 Å².